The van der Waals surface area contributed by atoms with Gasteiger partial charge in [0, 0.05) is 13.1 Å². The lowest BCUT2D eigenvalue weighted by molar-refractivity contribution is 0.569. The van der Waals surface area contributed by atoms with Gasteiger partial charge in [0.1, 0.15) is 0 Å². The van der Waals surface area contributed by atoms with Gasteiger partial charge in [0.25, 0.3) is 0 Å². The Morgan fingerprint density at radius 1 is 1.10 bits per heavy atom. The van der Waals surface area contributed by atoms with Crippen LogP contribution in [-0.2, 0) is 6.54 Å². The molecule has 0 bridgehead atoms. The van der Waals surface area contributed by atoms with Gasteiger partial charge >= 0.3 is 0 Å². The zero-order valence-corrected chi connectivity index (χ0v) is 11.8. The average Bonchev–Trinajstić information content (AvgIpc) is 2.52. The molecular formula is C18H20N2. The maximum Gasteiger partial charge on any atom is 0.0991 e. The maximum absolute atomic E-state index is 8.89. The van der Waals surface area contributed by atoms with Crippen molar-refractivity contribution in [1.82, 2.24) is 5.32 Å². The summed E-state index contributed by atoms with van der Waals surface area (Å²) in [5, 5.41) is 12.4. The van der Waals surface area contributed by atoms with Gasteiger partial charge in [-0.15, -0.1) is 0 Å². The first-order valence-corrected chi connectivity index (χ1v) is 7.08. The van der Waals surface area contributed by atoms with Crippen LogP contribution in [0.3, 0.4) is 0 Å². The third-order valence-electron chi connectivity index (χ3n) is 3.54. The second kappa shape index (κ2) is 7.47. The van der Waals surface area contributed by atoms with Crippen LogP contribution >= 0.6 is 0 Å². The third kappa shape index (κ3) is 3.94. The van der Waals surface area contributed by atoms with Gasteiger partial charge in [-0.1, -0.05) is 49.4 Å². The molecule has 0 heterocycles. The van der Waals surface area contributed by atoms with Crippen molar-refractivity contribution < 1.29 is 0 Å². The first-order valence-electron chi connectivity index (χ1n) is 7.08. The molecule has 1 atom stereocenters. The Morgan fingerprint density at radius 3 is 2.60 bits per heavy atom. The number of hydrogen-bond acceptors (Lipinski definition) is 2. The molecule has 0 aliphatic rings. The molecule has 102 valence electrons. The van der Waals surface area contributed by atoms with Gasteiger partial charge in [0.15, 0.2) is 0 Å². The molecule has 0 spiro atoms. The van der Waals surface area contributed by atoms with E-state index in [0.717, 1.165) is 30.6 Å². The highest BCUT2D eigenvalue weighted by Gasteiger charge is 2.08. The standard InChI is InChI=1S/C18H20N2/c1-2-17(18-9-4-3-5-10-18)14-20-13-16-8-6-7-15(11-16)12-19/h3-11,17,20H,2,13-14H2,1H3. The molecule has 0 saturated heterocycles. The third-order valence-corrected chi connectivity index (χ3v) is 3.54. The molecule has 0 aliphatic carbocycles. The van der Waals surface area contributed by atoms with E-state index in [1.165, 1.54) is 5.56 Å². The van der Waals surface area contributed by atoms with Crippen LogP contribution in [0, 0.1) is 11.3 Å². The maximum atomic E-state index is 8.89. The van der Waals surface area contributed by atoms with Crippen molar-refractivity contribution in [3.05, 3.63) is 71.3 Å². The molecule has 0 saturated carbocycles. The molecule has 0 fully saturated rings. The second-order valence-electron chi connectivity index (χ2n) is 4.96. The molecule has 1 N–H and O–H groups in total. The Balaban J connectivity index is 1.90. The quantitative estimate of drug-likeness (QED) is 0.860. The van der Waals surface area contributed by atoms with Crippen molar-refractivity contribution in [2.75, 3.05) is 6.54 Å². The van der Waals surface area contributed by atoms with Gasteiger partial charge in [0.05, 0.1) is 11.6 Å². The molecule has 0 aliphatic heterocycles. The first-order chi connectivity index (χ1) is 9.83. The normalized spacial score (nSPS) is 11.8. The largest absolute Gasteiger partial charge is 0.312 e. The number of nitriles is 1. The predicted molar refractivity (Wildman–Crippen MR) is 82.3 cm³/mol. The minimum Gasteiger partial charge on any atom is -0.312 e. The fraction of sp³-hybridized carbons (Fsp3) is 0.278. The highest BCUT2D eigenvalue weighted by Crippen LogP contribution is 2.18. The highest BCUT2D eigenvalue weighted by molar-refractivity contribution is 5.32. The van der Waals surface area contributed by atoms with E-state index in [0.29, 0.717) is 5.92 Å². The number of benzene rings is 2. The summed E-state index contributed by atoms with van der Waals surface area (Å²) < 4.78 is 0. The molecule has 2 heteroatoms. The lowest BCUT2D eigenvalue weighted by Crippen LogP contribution is -2.21. The van der Waals surface area contributed by atoms with Gasteiger partial charge in [-0.05, 0) is 35.6 Å². The van der Waals surface area contributed by atoms with Crippen LogP contribution in [0.5, 0.6) is 0 Å². The molecule has 0 aromatic heterocycles. The summed E-state index contributed by atoms with van der Waals surface area (Å²) in [5.41, 5.74) is 3.26. The van der Waals surface area contributed by atoms with E-state index in [1.54, 1.807) is 0 Å². The Morgan fingerprint density at radius 2 is 1.90 bits per heavy atom. The molecule has 2 nitrogen and oxygen atoms in total. The fourth-order valence-corrected chi connectivity index (χ4v) is 2.36. The predicted octanol–water partition coefficient (Wildman–Crippen LogP) is 3.84. The summed E-state index contributed by atoms with van der Waals surface area (Å²) in [6.45, 7) is 3.98. The van der Waals surface area contributed by atoms with Crippen molar-refractivity contribution in [1.29, 1.82) is 5.26 Å². The zero-order valence-electron chi connectivity index (χ0n) is 11.8. The second-order valence-corrected chi connectivity index (χ2v) is 4.96. The zero-order chi connectivity index (χ0) is 14.2. The summed E-state index contributed by atoms with van der Waals surface area (Å²) >= 11 is 0. The lowest BCUT2D eigenvalue weighted by Gasteiger charge is -2.16. The van der Waals surface area contributed by atoms with Crippen LogP contribution in [0.15, 0.2) is 54.6 Å². The van der Waals surface area contributed by atoms with Gasteiger partial charge in [-0.2, -0.15) is 5.26 Å². The number of hydrogen-bond donors (Lipinski definition) is 1. The van der Waals surface area contributed by atoms with Crippen molar-refractivity contribution in [2.45, 2.75) is 25.8 Å². The van der Waals surface area contributed by atoms with Crippen molar-refractivity contribution in [3.8, 4) is 6.07 Å². The first kappa shape index (κ1) is 14.3. The smallest absolute Gasteiger partial charge is 0.0991 e. The fourth-order valence-electron chi connectivity index (χ4n) is 2.36. The Bertz CT molecular complexity index is 569. The van der Waals surface area contributed by atoms with Crippen molar-refractivity contribution in [3.63, 3.8) is 0 Å². The van der Waals surface area contributed by atoms with E-state index in [1.807, 2.05) is 18.2 Å². The van der Waals surface area contributed by atoms with E-state index in [-0.39, 0.29) is 0 Å². The number of rotatable bonds is 6. The molecule has 0 amide bonds. The van der Waals surface area contributed by atoms with Crippen molar-refractivity contribution >= 4 is 0 Å². The topological polar surface area (TPSA) is 35.8 Å². The molecule has 2 rings (SSSR count). The van der Waals surface area contributed by atoms with Crippen LogP contribution in [0.4, 0.5) is 0 Å². The van der Waals surface area contributed by atoms with Crippen LogP contribution in [0.2, 0.25) is 0 Å². The van der Waals surface area contributed by atoms with Crippen LogP contribution in [0.25, 0.3) is 0 Å². The Kier molecular flexibility index (Phi) is 5.34. The minimum absolute atomic E-state index is 0.537. The molecular weight excluding hydrogens is 244 g/mol. The summed E-state index contributed by atoms with van der Waals surface area (Å²) in [6.07, 6.45) is 1.12. The average molecular weight is 264 g/mol. The van der Waals surface area contributed by atoms with E-state index in [9.17, 15) is 0 Å². The lowest BCUT2D eigenvalue weighted by atomic mass is 9.96. The summed E-state index contributed by atoms with van der Waals surface area (Å²) in [7, 11) is 0. The monoisotopic (exact) mass is 264 g/mol. The van der Waals surface area contributed by atoms with Gasteiger partial charge in [0.2, 0.25) is 0 Å². The summed E-state index contributed by atoms with van der Waals surface area (Å²) in [6, 6.07) is 20.5. The Hall–Kier alpha value is -2.11. The van der Waals surface area contributed by atoms with Crippen LogP contribution in [-0.4, -0.2) is 6.54 Å². The SMILES string of the molecule is CCC(CNCc1cccc(C#N)c1)c1ccccc1. The summed E-state index contributed by atoms with van der Waals surface area (Å²) in [4.78, 5) is 0. The van der Waals surface area contributed by atoms with E-state index < -0.39 is 0 Å². The number of nitrogens with one attached hydrogen (secondary N) is 1. The van der Waals surface area contributed by atoms with E-state index in [4.69, 9.17) is 5.26 Å². The minimum atomic E-state index is 0.537. The molecule has 1 unspecified atom stereocenters. The molecule has 20 heavy (non-hydrogen) atoms. The molecule has 2 aromatic rings. The molecule has 0 radical (unpaired) electrons. The van der Waals surface area contributed by atoms with Crippen LogP contribution in [0.1, 0.15) is 36.0 Å². The van der Waals surface area contributed by atoms with E-state index in [2.05, 4.69) is 54.7 Å². The van der Waals surface area contributed by atoms with Crippen molar-refractivity contribution in [2.24, 2.45) is 0 Å². The van der Waals surface area contributed by atoms with Crippen LogP contribution < -0.4 is 5.32 Å². The molecule has 2 aromatic carbocycles. The summed E-state index contributed by atoms with van der Waals surface area (Å²) in [5.74, 6) is 0.537. The highest BCUT2D eigenvalue weighted by atomic mass is 14.9. The van der Waals surface area contributed by atoms with Gasteiger partial charge < -0.3 is 5.32 Å². The van der Waals surface area contributed by atoms with Gasteiger partial charge in [-0.3, -0.25) is 0 Å². The van der Waals surface area contributed by atoms with E-state index >= 15 is 0 Å². The number of nitrogens with zero attached hydrogens (tertiary/aromatic N) is 1. The van der Waals surface area contributed by atoms with Gasteiger partial charge in [-0.25, -0.2) is 0 Å². The Labute approximate surface area is 121 Å².